The van der Waals surface area contributed by atoms with Crippen LogP contribution in [0.15, 0.2) is 47.5 Å². The van der Waals surface area contributed by atoms with E-state index in [2.05, 4.69) is 16.8 Å². The molecule has 0 aliphatic carbocycles. The lowest BCUT2D eigenvalue weighted by atomic mass is 10.2. The number of primary sulfonamides is 1. The molecule has 0 amide bonds. The molecule has 0 unspecified atom stereocenters. The van der Waals surface area contributed by atoms with Crippen molar-refractivity contribution in [1.29, 1.82) is 0 Å². The van der Waals surface area contributed by atoms with Gasteiger partial charge in [0.05, 0.1) is 0 Å². The Bertz CT molecular complexity index is 885. The van der Waals surface area contributed by atoms with E-state index in [4.69, 9.17) is 21.5 Å². The Morgan fingerprint density at radius 2 is 2.04 bits per heavy atom. The standard InChI is InChI=1S/C17H21ClN4O3S/c1-4-22(16-7-8-17(21-20-16)26(19,23)24)10-13-9-14(18)5-6-15(13)25-11-12(2)3/h5-9H,2,4,10-11H2,1,3H3,(H2,19,23,24). The number of nitrogens with zero attached hydrogens (tertiary/aromatic N) is 3. The van der Waals surface area contributed by atoms with Gasteiger partial charge in [0.15, 0.2) is 10.8 Å². The summed E-state index contributed by atoms with van der Waals surface area (Å²) in [5, 5.41) is 13.0. The molecule has 0 spiro atoms. The Morgan fingerprint density at radius 3 is 2.58 bits per heavy atom. The quantitative estimate of drug-likeness (QED) is 0.689. The van der Waals surface area contributed by atoms with Gasteiger partial charge in [-0.1, -0.05) is 18.2 Å². The fraction of sp³-hybridized carbons (Fsp3) is 0.294. The van der Waals surface area contributed by atoms with Crippen molar-refractivity contribution in [2.75, 3.05) is 18.1 Å². The summed E-state index contributed by atoms with van der Waals surface area (Å²) < 4.78 is 28.4. The van der Waals surface area contributed by atoms with Gasteiger partial charge in [0.2, 0.25) is 0 Å². The van der Waals surface area contributed by atoms with Crippen LogP contribution in [-0.4, -0.2) is 31.8 Å². The highest BCUT2D eigenvalue weighted by Gasteiger charge is 2.15. The minimum absolute atomic E-state index is 0.273. The van der Waals surface area contributed by atoms with E-state index in [-0.39, 0.29) is 5.03 Å². The number of hydrogen-bond donors (Lipinski definition) is 1. The van der Waals surface area contributed by atoms with E-state index in [0.717, 1.165) is 11.1 Å². The largest absolute Gasteiger partial charge is 0.489 e. The van der Waals surface area contributed by atoms with Crippen molar-refractivity contribution in [1.82, 2.24) is 10.2 Å². The van der Waals surface area contributed by atoms with Crippen LogP contribution in [0.25, 0.3) is 0 Å². The maximum atomic E-state index is 11.3. The summed E-state index contributed by atoms with van der Waals surface area (Å²) in [6.45, 7) is 9.16. The molecule has 1 aromatic heterocycles. The van der Waals surface area contributed by atoms with Gasteiger partial charge >= 0.3 is 0 Å². The summed E-state index contributed by atoms with van der Waals surface area (Å²) in [5.41, 5.74) is 1.78. The van der Waals surface area contributed by atoms with E-state index < -0.39 is 10.0 Å². The smallest absolute Gasteiger partial charge is 0.257 e. The number of ether oxygens (including phenoxy) is 1. The molecule has 0 radical (unpaired) electrons. The van der Waals surface area contributed by atoms with Crippen molar-refractivity contribution in [2.24, 2.45) is 5.14 Å². The first kappa shape index (κ1) is 20.2. The number of aromatic nitrogens is 2. The Hall–Kier alpha value is -2.16. The van der Waals surface area contributed by atoms with E-state index >= 15 is 0 Å². The highest BCUT2D eigenvalue weighted by atomic mass is 35.5. The van der Waals surface area contributed by atoms with Crippen molar-refractivity contribution in [3.05, 3.63) is 53.1 Å². The molecule has 0 saturated carbocycles. The van der Waals surface area contributed by atoms with Crippen LogP contribution >= 0.6 is 11.6 Å². The maximum absolute atomic E-state index is 11.3. The second-order valence-corrected chi connectivity index (χ2v) is 7.73. The van der Waals surface area contributed by atoms with Crippen LogP contribution in [0, 0.1) is 0 Å². The van der Waals surface area contributed by atoms with Crippen LogP contribution in [0.1, 0.15) is 19.4 Å². The van der Waals surface area contributed by atoms with Gasteiger partial charge in [-0.25, -0.2) is 13.6 Å². The first-order chi connectivity index (χ1) is 12.2. The number of halogens is 1. The minimum Gasteiger partial charge on any atom is -0.489 e. The predicted octanol–water partition coefficient (Wildman–Crippen LogP) is 2.76. The molecule has 0 fully saturated rings. The van der Waals surface area contributed by atoms with Crippen molar-refractivity contribution in [3.63, 3.8) is 0 Å². The van der Waals surface area contributed by atoms with E-state index in [1.165, 1.54) is 6.07 Å². The average Bonchev–Trinajstić information content (AvgIpc) is 2.58. The van der Waals surface area contributed by atoms with Gasteiger partial charge in [-0.05, 0) is 49.8 Å². The third-order valence-electron chi connectivity index (χ3n) is 3.48. The Morgan fingerprint density at radius 1 is 1.31 bits per heavy atom. The third-order valence-corrected chi connectivity index (χ3v) is 4.52. The fourth-order valence-corrected chi connectivity index (χ4v) is 2.81. The van der Waals surface area contributed by atoms with Crippen LogP contribution in [0.4, 0.5) is 5.82 Å². The lowest BCUT2D eigenvalue weighted by Gasteiger charge is -2.23. The molecule has 9 heteroatoms. The minimum atomic E-state index is -3.88. The fourth-order valence-electron chi connectivity index (χ4n) is 2.21. The molecule has 140 valence electrons. The van der Waals surface area contributed by atoms with Crippen molar-refractivity contribution < 1.29 is 13.2 Å². The van der Waals surface area contributed by atoms with Crippen LogP contribution in [0.5, 0.6) is 5.75 Å². The first-order valence-electron chi connectivity index (χ1n) is 7.87. The molecule has 0 atom stereocenters. The van der Waals surface area contributed by atoms with E-state index in [0.29, 0.717) is 36.3 Å². The summed E-state index contributed by atoms with van der Waals surface area (Å²) in [5.74, 6) is 1.22. The normalized spacial score (nSPS) is 11.2. The van der Waals surface area contributed by atoms with Crippen molar-refractivity contribution >= 4 is 27.4 Å². The maximum Gasteiger partial charge on any atom is 0.257 e. The predicted molar refractivity (Wildman–Crippen MR) is 102 cm³/mol. The average molecular weight is 397 g/mol. The molecule has 2 N–H and O–H groups in total. The summed E-state index contributed by atoms with van der Waals surface area (Å²) in [6.07, 6.45) is 0. The van der Waals surface area contributed by atoms with Crippen LogP contribution in [0.2, 0.25) is 5.02 Å². The summed E-state index contributed by atoms with van der Waals surface area (Å²) in [6, 6.07) is 8.29. The molecule has 7 nitrogen and oxygen atoms in total. The van der Waals surface area contributed by atoms with Gasteiger partial charge in [0.25, 0.3) is 10.0 Å². The highest BCUT2D eigenvalue weighted by Crippen LogP contribution is 2.26. The lowest BCUT2D eigenvalue weighted by Crippen LogP contribution is -2.24. The molecule has 0 aliphatic heterocycles. The molecule has 0 saturated heterocycles. The molecule has 1 aromatic carbocycles. The van der Waals surface area contributed by atoms with Gasteiger partial charge in [-0.15, -0.1) is 10.2 Å². The zero-order valence-corrected chi connectivity index (χ0v) is 16.2. The Labute approximate surface area is 158 Å². The zero-order valence-electron chi connectivity index (χ0n) is 14.6. The van der Waals surface area contributed by atoms with E-state index in [9.17, 15) is 8.42 Å². The molecule has 0 bridgehead atoms. The molecule has 2 rings (SSSR count). The zero-order chi connectivity index (χ0) is 19.3. The van der Waals surface area contributed by atoms with Gasteiger partial charge in [0, 0.05) is 23.7 Å². The summed E-state index contributed by atoms with van der Waals surface area (Å²) in [7, 11) is -3.88. The van der Waals surface area contributed by atoms with Crippen LogP contribution in [-0.2, 0) is 16.6 Å². The molecular formula is C17H21ClN4O3S. The second-order valence-electron chi connectivity index (χ2n) is 5.79. The highest BCUT2D eigenvalue weighted by molar-refractivity contribution is 7.89. The van der Waals surface area contributed by atoms with E-state index in [1.807, 2.05) is 30.9 Å². The number of anilines is 1. The van der Waals surface area contributed by atoms with Gasteiger partial charge in [-0.2, -0.15) is 0 Å². The third kappa shape index (κ3) is 5.42. The number of rotatable bonds is 8. The molecule has 26 heavy (non-hydrogen) atoms. The first-order valence-corrected chi connectivity index (χ1v) is 9.80. The molecule has 1 heterocycles. The van der Waals surface area contributed by atoms with Gasteiger partial charge in [-0.3, -0.25) is 0 Å². The number of nitrogens with two attached hydrogens (primary N) is 1. The summed E-state index contributed by atoms with van der Waals surface area (Å²) >= 11 is 6.12. The Balaban J connectivity index is 2.27. The molecule has 2 aromatic rings. The lowest BCUT2D eigenvalue weighted by molar-refractivity contribution is 0.348. The summed E-state index contributed by atoms with van der Waals surface area (Å²) in [4.78, 5) is 1.92. The van der Waals surface area contributed by atoms with Crippen LogP contribution < -0.4 is 14.8 Å². The number of benzene rings is 1. The van der Waals surface area contributed by atoms with E-state index in [1.54, 1.807) is 12.1 Å². The number of sulfonamides is 1. The van der Waals surface area contributed by atoms with Crippen LogP contribution in [0.3, 0.4) is 0 Å². The topological polar surface area (TPSA) is 98.4 Å². The second kappa shape index (κ2) is 8.48. The van der Waals surface area contributed by atoms with Crippen molar-refractivity contribution in [3.8, 4) is 5.75 Å². The Kier molecular flexibility index (Phi) is 6.57. The monoisotopic (exact) mass is 396 g/mol. The molecule has 0 aliphatic rings. The van der Waals surface area contributed by atoms with Gasteiger partial charge < -0.3 is 9.64 Å². The van der Waals surface area contributed by atoms with Crippen molar-refractivity contribution in [2.45, 2.75) is 25.4 Å². The molecular weight excluding hydrogens is 376 g/mol. The number of hydrogen-bond acceptors (Lipinski definition) is 6. The van der Waals surface area contributed by atoms with Gasteiger partial charge in [0.1, 0.15) is 12.4 Å². The SMILES string of the molecule is C=C(C)COc1ccc(Cl)cc1CN(CC)c1ccc(S(N)(=O)=O)nn1.